The van der Waals surface area contributed by atoms with Gasteiger partial charge in [0.1, 0.15) is 5.82 Å². The molecule has 1 heterocycles. The molecule has 0 aliphatic carbocycles. The number of aromatic carboxylic acids is 1. The molecular weight excluding hydrogens is 257 g/mol. The van der Waals surface area contributed by atoms with Crippen LogP contribution in [0.15, 0.2) is 18.2 Å². The molecule has 1 aromatic carbocycles. The van der Waals surface area contributed by atoms with Crippen LogP contribution < -0.4 is 0 Å². The lowest BCUT2D eigenvalue weighted by Gasteiger charge is -2.31. The van der Waals surface area contributed by atoms with E-state index in [4.69, 9.17) is 5.11 Å². The van der Waals surface area contributed by atoms with Crippen molar-refractivity contribution in [3.8, 4) is 0 Å². The van der Waals surface area contributed by atoms with Crippen LogP contribution in [-0.4, -0.2) is 29.1 Å². The van der Waals surface area contributed by atoms with Crippen LogP contribution in [0.5, 0.6) is 0 Å². The zero-order chi connectivity index (χ0) is 14.5. The Morgan fingerprint density at radius 3 is 2.65 bits per heavy atom. The predicted octanol–water partition coefficient (Wildman–Crippen LogP) is 3.54. The van der Waals surface area contributed by atoms with Crippen LogP contribution in [0.4, 0.5) is 4.39 Å². The van der Waals surface area contributed by atoms with Crippen molar-refractivity contribution in [1.82, 2.24) is 4.90 Å². The normalized spacial score (nSPS) is 17.3. The lowest BCUT2D eigenvalue weighted by atomic mass is 9.92. The summed E-state index contributed by atoms with van der Waals surface area (Å²) in [5.41, 5.74) is 0.775. The van der Waals surface area contributed by atoms with E-state index in [0.29, 0.717) is 6.54 Å². The Kier molecular flexibility index (Phi) is 5.12. The number of rotatable bonds is 5. The van der Waals surface area contributed by atoms with Crippen molar-refractivity contribution in [2.75, 3.05) is 13.1 Å². The smallest absolute Gasteiger partial charge is 0.335 e. The van der Waals surface area contributed by atoms with Crippen LogP contribution in [0, 0.1) is 11.7 Å². The lowest BCUT2D eigenvalue weighted by molar-refractivity contribution is 0.0696. The standard InChI is InChI=1S/C16H22FNO2/c1-2-3-12-4-6-18(7-5-12)11-13-8-14(16(19)20)10-15(17)9-13/h8-10,12H,2-7,11H2,1H3,(H,19,20). The number of benzene rings is 1. The topological polar surface area (TPSA) is 40.5 Å². The van der Waals surface area contributed by atoms with E-state index in [0.717, 1.165) is 30.6 Å². The van der Waals surface area contributed by atoms with E-state index < -0.39 is 11.8 Å². The molecule has 1 N–H and O–H groups in total. The van der Waals surface area contributed by atoms with E-state index in [1.54, 1.807) is 6.07 Å². The molecule has 0 aromatic heterocycles. The highest BCUT2D eigenvalue weighted by Crippen LogP contribution is 2.23. The molecule has 110 valence electrons. The molecule has 0 bridgehead atoms. The van der Waals surface area contributed by atoms with Crippen LogP contribution in [0.2, 0.25) is 0 Å². The Hall–Kier alpha value is -1.42. The Bertz CT molecular complexity index is 468. The summed E-state index contributed by atoms with van der Waals surface area (Å²) in [5, 5.41) is 8.95. The van der Waals surface area contributed by atoms with Gasteiger partial charge in [-0.1, -0.05) is 19.8 Å². The number of likely N-dealkylation sites (tertiary alicyclic amines) is 1. The number of halogens is 1. The number of piperidine rings is 1. The maximum Gasteiger partial charge on any atom is 0.335 e. The molecule has 0 radical (unpaired) electrons. The highest BCUT2D eigenvalue weighted by molar-refractivity contribution is 5.87. The van der Waals surface area contributed by atoms with E-state index in [-0.39, 0.29) is 5.56 Å². The second-order valence-corrected chi connectivity index (χ2v) is 5.66. The first kappa shape index (κ1) is 15.0. The van der Waals surface area contributed by atoms with Gasteiger partial charge in [-0.3, -0.25) is 4.90 Å². The van der Waals surface area contributed by atoms with Crippen molar-refractivity contribution in [2.24, 2.45) is 5.92 Å². The highest BCUT2D eigenvalue weighted by Gasteiger charge is 2.19. The third kappa shape index (κ3) is 4.04. The third-order valence-electron chi connectivity index (χ3n) is 4.01. The van der Waals surface area contributed by atoms with E-state index in [1.807, 2.05) is 0 Å². The van der Waals surface area contributed by atoms with Gasteiger partial charge in [0.15, 0.2) is 0 Å². The minimum absolute atomic E-state index is 0.0286. The summed E-state index contributed by atoms with van der Waals surface area (Å²) < 4.78 is 13.4. The summed E-state index contributed by atoms with van der Waals surface area (Å²) >= 11 is 0. The largest absolute Gasteiger partial charge is 0.478 e. The first-order chi connectivity index (χ1) is 9.58. The van der Waals surface area contributed by atoms with Gasteiger partial charge in [-0.05, 0) is 55.6 Å². The quantitative estimate of drug-likeness (QED) is 0.896. The monoisotopic (exact) mass is 279 g/mol. The van der Waals surface area contributed by atoms with Gasteiger partial charge in [0, 0.05) is 6.54 Å². The molecule has 0 atom stereocenters. The zero-order valence-electron chi connectivity index (χ0n) is 11.9. The summed E-state index contributed by atoms with van der Waals surface area (Å²) in [6.45, 7) is 4.89. The summed E-state index contributed by atoms with van der Waals surface area (Å²) in [4.78, 5) is 13.2. The number of carbonyl (C=O) groups is 1. The summed E-state index contributed by atoms with van der Waals surface area (Å²) in [5.74, 6) is -0.730. The van der Waals surface area contributed by atoms with Gasteiger partial charge in [0.05, 0.1) is 5.56 Å². The summed E-state index contributed by atoms with van der Waals surface area (Å²) in [6.07, 6.45) is 4.90. The van der Waals surface area contributed by atoms with Gasteiger partial charge in [0.25, 0.3) is 0 Å². The van der Waals surface area contributed by atoms with Gasteiger partial charge in [-0.2, -0.15) is 0 Å². The second kappa shape index (κ2) is 6.84. The van der Waals surface area contributed by atoms with Crippen molar-refractivity contribution in [2.45, 2.75) is 39.2 Å². The van der Waals surface area contributed by atoms with E-state index in [9.17, 15) is 9.18 Å². The average molecular weight is 279 g/mol. The third-order valence-corrected chi connectivity index (χ3v) is 4.01. The molecule has 1 aromatic rings. The molecule has 4 heteroatoms. The van der Waals surface area contributed by atoms with Gasteiger partial charge in [0.2, 0.25) is 0 Å². The highest BCUT2D eigenvalue weighted by atomic mass is 19.1. The van der Waals surface area contributed by atoms with Crippen LogP contribution in [0.25, 0.3) is 0 Å². The molecule has 0 amide bonds. The Balaban J connectivity index is 1.96. The summed E-state index contributed by atoms with van der Waals surface area (Å²) in [7, 11) is 0. The number of nitrogens with zero attached hydrogens (tertiary/aromatic N) is 1. The molecule has 20 heavy (non-hydrogen) atoms. The first-order valence-electron chi connectivity index (χ1n) is 7.33. The van der Waals surface area contributed by atoms with E-state index >= 15 is 0 Å². The average Bonchev–Trinajstić information content (AvgIpc) is 2.40. The fourth-order valence-electron chi connectivity index (χ4n) is 2.96. The molecule has 1 fully saturated rings. The Morgan fingerprint density at radius 2 is 2.05 bits per heavy atom. The fourth-order valence-corrected chi connectivity index (χ4v) is 2.96. The van der Waals surface area contributed by atoms with E-state index in [1.165, 1.54) is 31.7 Å². The van der Waals surface area contributed by atoms with Crippen LogP contribution in [-0.2, 0) is 6.54 Å². The number of carboxylic acid groups (broad SMARTS) is 1. The number of hydrogen-bond acceptors (Lipinski definition) is 2. The van der Waals surface area contributed by atoms with Gasteiger partial charge in [-0.15, -0.1) is 0 Å². The second-order valence-electron chi connectivity index (χ2n) is 5.66. The minimum atomic E-state index is -1.08. The van der Waals surface area contributed by atoms with Crippen LogP contribution in [0.1, 0.15) is 48.5 Å². The van der Waals surface area contributed by atoms with Gasteiger partial charge in [-0.25, -0.2) is 9.18 Å². The fraction of sp³-hybridized carbons (Fsp3) is 0.562. The van der Waals surface area contributed by atoms with E-state index in [2.05, 4.69) is 11.8 Å². The Morgan fingerprint density at radius 1 is 1.35 bits per heavy atom. The molecule has 1 aliphatic rings. The summed E-state index contributed by atoms with van der Waals surface area (Å²) in [6, 6.07) is 4.08. The molecule has 1 aliphatic heterocycles. The molecule has 0 spiro atoms. The number of hydrogen-bond donors (Lipinski definition) is 1. The maximum absolute atomic E-state index is 13.4. The number of carboxylic acids is 1. The minimum Gasteiger partial charge on any atom is -0.478 e. The van der Waals surface area contributed by atoms with Crippen molar-refractivity contribution in [3.63, 3.8) is 0 Å². The molecule has 2 rings (SSSR count). The SMILES string of the molecule is CCCC1CCN(Cc2cc(F)cc(C(=O)O)c2)CC1. The zero-order valence-corrected chi connectivity index (χ0v) is 11.9. The maximum atomic E-state index is 13.4. The molecular formula is C16H22FNO2. The van der Waals surface area contributed by atoms with Crippen LogP contribution in [0.3, 0.4) is 0 Å². The molecule has 1 saturated heterocycles. The van der Waals surface area contributed by atoms with Gasteiger partial charge >= 0.3 is 5.97 Å². The van der Waals surface area contributed by atoms with Crippen molar-refractivity contribution in [1.29, 1.82) is 0 Å². The van der Waals surface area contributed by atoms with Crippen molar-refractivity contribution in [3.05, 3.63) is 35.1 Å². The lowest BCUT2D eigenvalue weighted by Crippen LogP contribution is -2.33. The van der Waals surface area contributed by atoms with Crippen LogP contribution >= 0.6 is 0 Å². The molecule has 0 unspecified atom stereocenters. The Labute approximate surface area is 119 Å². The predicted molar refractivity (Wildman–Crippen MR) is 76.3 cm³/mol. The first-order valence-corrected chi connectivity index (χ1v) is 7.33. The van der Waals surface area contributed by atoms with Gasteiger partial charge < -0.3 is 5.11 Å². The molecule has 0 saturated carbocycles. The molecule has 3 nitrogen and oxygen atoms in total. The van der Waals surface area contributed by atoms with Crippen molar-refractivity contribution >= 4 is 5.97 Å². The van der Waals surface area contributed by atoms with Crippen molar-refractivity contribution < 1.29 is 14.3 Å².